The molecule has 0 bridgehead atoms. The third-order valence-corrected chi connectivity index (χ3v) is 3.97. The largest absolute Gasteiger partial charge is 0.465 e. The van der Waals surface area contributed by atoms with Crippen LogP contribution in [0, 0.1) is 6.92 Å². The Morgan fingerprint density at radius 2 is 2.15 bits per heavy atom. The molecule has 2 aromatic rings. The standard InChI is InChI=1S/C15H18N2OS2/c1-3-20-13-6-4-5-12(14(13)15(16)19)17-9-11-8-7-10(2)18-11/h4-8,17H,3,9H2,1-2H3,(H2,16,19). The number of hydrogen-bond donors (Lipinski definition) is 2. The van der Waals surface area contributed by atoms with E-state index in [0.717, 1.165) is 33.4 Å². The summed E-state index contributed by atoms with van der Waals surface area (Å²) in [6, 6.07) is 9.96. The van der Waals surface area contributed by atoms with Gasteiger partial charge in [-0.2, -0.15) is 0 Å². The molecule has 0 aliphatic carbocycles. The van der Waals surface area contributed by atoms with E-state index in [1.807, 2.05) is 37.3 Å². The Hall–Kier alpha value is -1.46. The van der Waals surface area contributed by atoms with E-state index in [-0.39, 0.29) is 0 Å². The molecule has 5 heteroatoms. The van der Waals surface area contributed by atoms with E-state index in [0.29, 0.717) is 11.5 Å². The van der Waals surface area contributed by atoms with Crippen LogP contribution >= 0.6 is 24.0 Å². The lowest BCUT2D eigenvalue weighted by atomic mass is 10.1. The van der Waals surface area contributed by atoms with E-state index < -0.39 is 0 Å². The maximum absolute atomic E-state index is 5.87. The highest BCUT2D eigenvalue weighted by molar-refractivity contribution is 7.99. The number of nitrogens with one attached hydrogen (secondary N) is 1. The molecular weight excluding hydrogens is 288 g/mol. The van der Waals surface area contributed by atoms with Crippen molar-refractivity contribution in [3.63, 3.8) is 0 Å². The van der Waals surface area contributed by atoms with E-state index in [1.54, 1.807) is 11.8 Å². The predicted octanol–water partition coefficient (Wildman–Crippen LogP) is 3.95. The van der Waals surface area contributed by atoms with Gasteiger partial charge in [-0.1, -0.05) is 25.2 Å². The first-order valence-electron chi connectivity index (χ1n) is 6.46. The minimum Gasteiger partial charge on any atom is -0.465 e. The average molecular weight is 306 g/mol. The van der Waals surface area contributed by atoms with Crippen LogP contribution in [0.25, 0.3) is 0 Å². The second-order valence-corrected chi connectivity index (χ2v) is 6.09. The number of thioether (sulfide) groups is 1. The van der Waals surface area contributed by atoms with Crippen LogP contribution in [0.3, 0.4) is 0 Å². The molecule has 0 amide bonds. The fourth-order valence-corrected chi connectivity index (χ4v) is 3.11. The molecule has 2 rings (SSSR count). The molecule has 1 aromatic carbocycles. The van der Waals surface area contributed by atoms with Gasteiger partial charge in [0.25, 0.3) is 0 Å². The highest BCUT2D eigenvalue weighted by Crippen LogP contribution is 2.29. The van der Waals surface area contributed by atoms with Crippen molar-refractivity contribution in [1.82, 2.24) is 0 Å². The lowest BCUT2D eigenvalue weighted by molar-refractivity contribution is 0.490. The lowest BCUT2D eigenvalue weighted by Crippen LogP contribution is -2.14. The predicted molar refractivity (Wildman–Crippen MR) is 89.5 cm³/mol. The van der Waals surface area contributed by atoms with E-state index in [2.05, 4.69) is 12.2 Å². The smallest absolute Gasteiger partial charge is 0.123 e. The molecular formula is C15H18N2OS2. The topological polar surface area (TPSA) is 51.2 Å². The van der Waals surface area contributed by atoms with Gasteiger partial charge in [0.05, 0.1) is 6.54 Å². The minimum atomic E-state index is 0.416. The van der Waals surface area contributed by atoms with Crippen molar-refractivity contribution in [3.05, 3.63) is 47.4 Å². The molecule has 0 aliphatic rings. The molecule has 0 unspecified atom stereocenters. The molecule has 0 saturated heterocycles. The number of furan rings is 1. The monoisotopic (exact) mass is 306 g/mol. The van der Waals surface area contributed by atoms with Gasteiger partial charge < -0.3 is 15.5 Å². The Labute approximate surface area is 128 Å². The molecule has 3 nitrogen and oxygen atoms in total. The summed E-state index contributed by atoms with van der Waals surface area (Å²) in [5.41, 5.74) is 7.74. The third-order valence-electron chi connectivity index (χ3n) is 2.82. The summed E-state index contributed by atoms with van der Waals surface area (Å²) in [5, 5.41) is 3.35. The van der Waals surface area contributed by atoms with Crippen molar-refractivity contribution in [1.29, 1.82) is 0 Å². The minimum absolute atomic E-state index is 0.416. The average Bonchev–Trinajstić information content (AvgIpc) is 2.82. The molecule has 0 fully saturated rings. The van der Waals surface area contributed by atoms with Crippen LogP contribution in [0.15, 0.2) is 39.6 Å². The number of aryl methyl sites for hydroxylation is 1. The first kappa shape index (κ1) is 14.9. The van der Waals surface area contributed by atoms with Crippen LogP contribution in [-0.4, -0.2) is 10.7 Å². The number of benzene rings is 1. The molecule has 0 saturated carbocycles. The molecule has 3 N–H and O–H groups in total. The van der Waals surface area contributed by atoms with Gasteiger partial charge >= 0.3 is 0 Å². The van der Waals surface area contributed by atoms with Crippen LogP contribution in [-0.2, 0) is 6.54 Å². The van der Waals surface area contributed by atoms with Gasteiger partial charge in [0.2, 0.25) is 0 Å². The van der Waals surface area contributed by atoms with Crippen molar-refractivity contribution >= 4 is 34.7 Å². The van der Waals surface area contributed by atoms with Crippen molar-refractivity contribution < 1.29 is 4.42 Å². The van der Waals surface area contributed by atoms with Gasteiger partial charge in [0, 0.05) is 16.1 Å². The maximum atomic E-state index is 5.87. The summed E-state index contributed by atoms with van der Waals surface area (Å²) >= 11 is 6.93. The van der Waals surface area contributed by atoms with E-state index in [4.69, 9.17) is 22.4 Å². The summed E-state index contributed by atoms with van der Waals surface area (Å²) in [6.07, 6.45) is 0. The second kappa shape index (κ2) is 6.81. The normalized spacial score (nSPS) is 10.5. The maximum Gasteiger partial charge on any atom is 0.123 e. The first-order valence-corrected chi connectivity index (χ1v) is 7.86. The number of thiocarbonyl (C=S) groups is 1. The fraction of sp³-hybridized carbons (Fsp3) is 0.267. The van der Waals surface area contributed by atoms with Gasteiger partial charge in [0.1, 0.15) is 16.5 Å². The van der Waals surface area contributed by atoms with E-state index >= 15 is 0 Å². The number of hydrogen-bond acceptors (Lipinski definition) is 4. The van der Waals surface area contributed by atoms with Crippen molar-refractivity contribution in [3.8, 4) is 0 Å². The summed E-state index contributed by atoms with van der Waals surface area (Å²) in [5.74, 6) is 2.78. The summed E-state index contributed by atoms with van der Waals surface area (Å²) < 4.78 is 5.55. The van der Waals surface area contributed by atoms with E-state index in [1.165, 1.54) is 0 Å². The molecule has 0 atom stereocenters. The number of nitrogens with two attached hydrogens (primary N) is 1. The zero-order valence-electron chi connectivity index (χ0n) is 11.6. The second-order valence-electron chi connectivity index (χ2n) is 4.34. The third kappa shape index (κ3) is 3.55. The van der Waals surface area contributed by atoms with Gasteiger partial charge in [-0.15, -0.1) is 11.8 Å². The molecule has 1 aromatic heterocycles. The summed E-state index contributed by atoms with van der Waals surface area (Å²) in [7, 11) is 0. The zero-order chi connectivity index (χ0) is 14.5. The molecule has 20 heavy (non-hydrogen) atoms. The van der Waals surface area contributed by atoms with Crippen LogP contribution in [0.5, 0.6) is 0 Å². The molecule has 1 heterocycles. The summed E-state index contributed by atoms with van der Waals surface area (Å²) in [4.78, 5) is 1.53. The van der Waals surface area contributed by atoms with Crippen LogP contribution in [0.2, 0.25) is 0 Å². The quantitative estimate of drug-likeness (QED) is 0.625. The Morgan fingerprint density at radius 3 is 2.75 bits per heavy atom. The zero-order valence-corrected chi connectivity index (χ0v) is 13.2. The number of rotatable bonds is 6. The van der Waals surface area contributed by atoms with Crippen LogP contribution in [0.4, 0.5) is 5.69 Å². The molecule has 0 aliphatic heterocycles. The van der Waals surface area contributed by atoms with Crippen LogP contribution < -0.4 is 11.1 Å². The highest BCUT2D eigenvalue weighted by Gasteiger charge is 2.11. The molecule has 106 valence electrons. The van der Waals surface area contributed by atoms with Crippen molar-refractivity contribution in [2.45, 2.75) is 25.3 Å². The highest BCUT2D eigenvalue weighted by atomic mass is 32.2. The van der Waals surface area contributed by atoms with E-state index in [9.17, 15) is 0 Å². The van der Waals surface area contributed by atoms with Gasteiger partial charge in [-0.05, 0) is 36.9 Å². The van der Waals surface area contributed by atoms with Gasteiger partial charge in [0.15, 0.2) is 0 Å². The van der Waals surface area contributed by atoms with Gasteiger partial charge in [-0.3, -0.25) is 0 Å². The lowest BCUT2D eigenvalue weighted by Gasteiger charge is -2.14. The Balaban J connectivity index is 2.22. The molecule has 0 spiro atoms. The van der Waals surface area contributed by atoms with Crippen LogP contribution in [0.1, 0.15) is 24.0 Å². The van der Waals surface area contributed by atoms with Crippen molar-refractivity contribution in [2.24, 2.45) is 5.73 Å². The Kier molecular flexibility index (Phi) is 5.09. The Morgan fingerprint density at radius 1 is 1.35 bits per heavy atom. The number of anilines is 1. The first-order chi connectivity index (χ1) is 9.61. The summed E-state index contributed by atoms with van der Waals surface area (Å²) in [6.45, 7) is 4.66. The molecule has 0 radical (unpaired) electrons. The van der Waals surface area contributed by atoms with Gasteiger partial charge in [-0.25, -0.2) is 0 Å². The Bertz CT molecular complexity index is 608. The van der Waals surface area contributed by atoms with Crippen molar-refractivity contribution in [2.75, 3.05) is 11.1 Å². The SMILES string of the molecule is CCSc1cccc(NCc2ccc(C)o2)c1C(N)=S. The fourth-order valence-electron chi connectivity index (χ4n) is 1.97.